The number of carbonyl (C=O) groups is 2. The fourth-order valence-electron chi connectivity index (χ4n) is 1.32. The van der Waals surface area contributed by atoms with E-state index < -0.39 is 5.97 Å². The lowest BCUT2D eigenvalue weighted by atomic mass is 10.2. The molecule has 16 heavy (non-hydrogen) atoms. The summed E-state index contributed by atoms with van der Waals surface area (Å²) in [4.78, 5) is 25.8. The normalized spacial score (nSPS) is 12.6. The van der Waals surface area contributed by atoms with Gasteiger partial charge in [0.15, 0.2) is 0 Å². The zero-order chi connectivity index (χ0) is 12.7. The van der Waals surface area contributed by atoms with Gasteiger partial charge in [0.25, 0.3) is 0 Å². The molecule has 0 aromatic carbocycles. The Labute approximate surface area is 97.0 Å². The number of hydrogen-bond donors (Lipinski definition) is 1. The first-order valence-corrected chi connectivity index (χ1v) is 5.54. The molecule has 0 aliphatic carbocycles. The molecule has 0 fully saturated rings. The molecule has 0 saturated heterocycles. The third-order valence-electron chi connectivity index (χ3n) is 2.52. The van der Waals surface area contributed by atoms with E-state index in [0.717, 1.165) is 6.42 Å². The van der Waals surface area contributed by atoms with E-state index in [0.29, 0.717) is 13.0 Å². The molecule has 5 nitrogen and oxygen atoms in total. The van der Waals surface area contributed by atoms with Crippen LogP contribution in [0.3, 0.4) is 0 Å². The molecule has 1 atom stereocenters. The first kappa shape index (κ1) is 14.9. The van der Waals surface area contributed by atoms with Crippen molar-refractivity contribution in [3.8, 4) is 0 Å². The first-order valence-electron chi connectivity index (χ1n) is 5.54. The molecule has 1 N–H and O–H groups in total. The summed E-state index contributed by atoms with van der Waals surface area (Å²) in [6, 6.07) is -0.0224. The van der Waals surface area contributed by atoms with Gasteiger partial charge in [-0.1, -0.05) is 6.92 Å². The number of aliphatic carboxylic acids is 1. The highest BCUT2D eigenvalue weighted by atomic mass is 16.4. The number of carbonyl (C=O) groups excluding carboxylic acids is 1. The summed E-state index contributed by atoms with van der Waals surface area (Å²) in [5, 5.41) is 8.75. The Bertz CT molecular complexity index is 241. The second-order valence-corrected chi connectivity index (χ2v) is 4.23. The zero-order valence-electron chi connectivity index (χ0n) is 10.6. The summed E-state index contributed by atoms with van der Waals surface area (Å²) in [6.07, 6.45) is 1.13. The van der Waals surface area contributed by atoms with E-state index in [-0.39, 0.29) is 18.5 Å². The van der Waals surface area contributed by atoms with E-state index in [9.17, 15) is 9.59 Å². The Kier molecular flexibility index (Phi) is 6.72. The lowest BCUT2D eigenvalue weighted by molar-refractivity contribution is -0.146. The van der Waals surface area contributed by atoms with Gasteiger partial charge >= 0.3 is 5.97 Å². The maximum atomic E-state index is 11.8. The monoisotopic (exact) mass is 230 g/mol. The summed E-state index contributed by atoms with van der Waals surface area (Å²) in [7, 11) is 3.77. The van der Waals surface area contributed by atoms with Crippen LogP contribution >= 0.6 is 0 Å². The van der Waals surface area contributed by atoms with E-state index in [2.05, 4.69) is 0 Å². The van der Waals surface area contributed by atoms with Crippen molar-refractivity contribution in [1.29, 1.82) is 0 Å². The maximum absolute atomic E-state index is 11.8. The molecule has 0 radical (unpaired) electrons. The summed E-state index contributed by atoms with van der Waals surface area (Å²) in [6.45, 7) is 4.25. The number of nitrogens with zero attached hydrogens (tertiary/aromatic N) is 2. The molecular weight excluding hydrogens is 208 g/mol. The van der Waals surface area contributed by atoms with Crippen LogP contribution in [0.2, 0.25) is 0 Å². The second-order valence-electron chi connectivity index (χ2n) is 4.23. The number of amides is 1. The van der Waals surface area contributed by atoms with Gasteiger partial charge in [0.1, 0.15) is 6.54 Å². The highest BCUT2D eigenvalue weighted by molar-refractivity contribution is 5.81. The molecule has 0 rings (SSSR count). The Morgan fingerprint density at radius 1 is 1.31 bits per heavy atom. The van der Waals surface area contributed by atoms with Crippen molar-refractivity contribution in [3.05, 3.63) is 0 Å². The van der Waals surface area contributed by atoms with Gasteiger partial charge in [-0.2, -0.15) is 0 Å². The molecule has 5 heteroatoms. The number of rotatable bonds is 7. The van der Waals surface area contributed by atoms with Crippen molar-refractivity contribution in [2.75, 3.05) is 27.2 Å². The van der Waals surface area contributed by atoms with Crippen LogP contribution in [0.5, 0.6) is 0 Å². The van der Waals surface area contributed by atoms with Gasteiger partial charge in [-0.25, -0.2) is 0 Å². The van der Waals surface area contributed by atoms with Gasteiger partial charge in [0.2, 0.25) is 5.91 Å². The standard InChI is InChI=1S/C11H22N2O3/c1-5-9(2)13(8-11(15)16)10(14)6-7-12(3)4/h9H,5-8H2,1-4H3,(H,15,16). The van der Waals surface area contributed by atoms with Crippen molar-refractivity contribution in [3.63, 3.8) is 0 Å². The van der Waals surface area contributed by atoms with E-state index in [1.165, 1.54) is 4.90 Å². The lowest BCUT2D eigenvalue weighted by Gasteiger charge is -2.27. The van der Waals surface area contributed by atoms with Crippen molar-refractivity contribution in [2.45, 2.75) is 32.7 Å². The summed E-state index contributed by atoms with van der Waals surface area (Å²) < 4.78 is 0. The molecule has 0 aliphatic heterocycles. The van der Waals surface area contributed by atoms with E-state index in [4.69, 9.17) is 5.11 Å². The molecule has 0 spiro atoms. The van der Waals surface area contributed by atoms with Gasteiger partial charge in [0.05, 0.1) is 0 Å². The molecule has 0 aromatic heterocycles. The molecule has 1 unspecified atom stereocenters. The minimum Gasteiger partial charge on any atom is -0.480 e. The molecule has 0 aliphatic rings. The third-order valence-corrected chi connectivity index (χ3v) is 2.52. The molecule has 94 valence electrons. The van der Waals surface area contributed by atoms with Crippen LogP contribution in [0, 0.1) is 0 Å². The van der Waals surface area contributed by atoms with Crippen LogP contribution in [0.1, 0.15) is 26.7 Å². The Balaban J connectivity index is 4.37. The summed E-state index contributed by atoms with van der Waals surface area (Å²) in [5.41, 5.74) is 0. The third kappa shape index (κ3) is 5.70. The van der Waals surface area contributed by atoms with Gasteiger partial charge < -0.3 is 14.9 Å². The summed E-state index contributed by atoms with van der Waals surface area (Å²) in [5.74, 6) is -1.05. The van der Waals surface area contributed by atoms with E-state index >= 15 is 0 Å². The van der Waals surface area contributed by atoms with Crippen LogP contribution in [0.4, 0.5) is 0 Å². The van der Waals surface area contributed by atoms with Crippen molar-refractivity contribution in [1.82, 2.24) is 9.80 Å². The fourth-order valence-corrected chi connectivity index (χ4v) is 1.32. The average Bonchev–Trinajstić information content (AvgIpc) is 2.21. The average molecular weight is 230 g/mol. The smallest absolute Gasteiger partial charge is 0.323 e. The van der Waals surface area contributed by atoms with Crippen molar-refractivity contribution < 1.29 is 14.7 Å². The second kappa shape index (κ2) is 7.22. The highest BCUT2D eigenvalue weighted by Crippen LogP contribution is 2.06. The van der Waals surface area contributed by atoms with Crippen LogP contribution in [0.25, 0.3) is 0 Å². The number of hydrogen-bond acceptors (Lipinski definition) is 3. The minimum absolute atomic E-state index is 0.0224. The van der Waals surface area contributed by atoms with Gasteiger partial charge in [-0.3, -0.25) is 9.59 Å². The maximum Gasteiger partial charge on any atom is 0.323 e. The molecule has 0 heterocycles. The Morgan fingerprint density at radius 2 is 1.88 bits per heavy atom. The van der Waals surface area contributed by atoms with Gasteiger partial charge in [0, 0.05) is 19.0 Å². The molecule has 0 saturated carbocycles. The van der Waals surface area contributed by atoms with Gasteiger partial charge in [-0.05, 0) is 27.4 Å². The lowest BCUT2D eigenvalue weighted by Crippen LogP contribution is -2.42. The van der Waals surface area contributed by atoms with Crippen LogP contribution in [0.15, 0.2) is 0 Å². The van der Waals surface area contributed by atoms with E-state index in [1.54, 1.807) is 0 Å². The van der Waals surface area contributed by atoms with Crippen molar-refractivity contribution >= 4 is 11.9 Å². The molecule has 1 amide bonds. The van der Waals surface area contributed by atoms with Crippen molar-refractivity contribution in [2.24, 2.45) is 0 Å². The number of carboxylic acid groups (broad SMARTS) is 1. The quantitative estimate of drug-likeness (QED) is 0.697. The molecular formula is C11H22N2O3. The van der Waals surface area contributed by atoms with E-state index in [1.807, 2.05) is 32.8 Å². The topological polar surface area (TPSA) is 60.9 Å². The minimum atomic E-state index is -0.960. The number of carboxylic acids is 1. The molecule has 0 aromatic rings. The SMILES string of the molecule is CCC(C)N(CC(=O)O)C(=O)CCN(C)C. The fraction of sp³-hybridized carbons (Fsp3) is 0.818. The Hall–Kier alpha value is -1.10. The molecule has 0 bridgehead atoms. The van der Waals surface area contributed by atoms with Crippen LogP contribution in [-0.4, -0.2) is 60.0 Å². The largest absolute Gasteiger partial charge is 0.480 e. The predicted octanol–water partition coefficient (Wildman–Crippen LogP) is 0.650. The zero-order valence-corrected chi connectivity index (χ0v) is 10.6. The van der Waals surface area contributed by atoms with Crippen LogP contribution < -0.4 is 0 Å². The summed E-state index contributed by atoms with van der Waals surface area (Å²) >= 11 is 0. The van der Waals surface area contributed by atoms with Gasteiger partial charge in [-0.15, -0.1) is 0 Å². The Morgan fingerprint density at radius 3 is 2.25 bits per heavy atom. The highest BCUT2D eigenvalue weighted by Gasteiger charge is 2.20. The predicted molar refractivity (Wildman–Crippen MR) is 62.3 cm³/mol. The van der Waals surface area contributed by atoms with Crippen LogP contribution in [-0.2, 0) is 9.59 Å². The first-order chi connectivity index (χ1) is 7.38.